The van der Waals surface area contributed by atoms with E-state index in [0.29, 0.717) is 50.2 Å². The van der Waals surface area contributed by atoms with Crippen LogP contribution in [0.25, 0.3) is 21.6 Å². The number of benzene rings is 1. The number of urea groups is 1. The topological polar surface area (TPSA) is 154 Å². The number of carbonyl (C=O) groups is 3. The van der Waals surface area contributed by atoms with Gasteiger partial charge in [0.05, 0.1) is 36.9 Å². The van der Waals surface area contributed by atoms with E-state index in [9.17, 15) is 24.3 Å². The van der Waals surface area contributed by atoms with E-state index in [0.717, 1.165) is 77.5 Å². The van der Waals surface area contributed by atoms with Gasteiger partial charge in [0, 0.05) is 49.0 Å². The Morgan fingerprint density at radius 3 is 2.53 bits per heavy atom. The van der Waals surface area contributed by atoms with Crippen LogP contribution < -0.4 is 15.5 Å². The Hall–Kier alpha value is -5.35. The number of aromatic amines is 1. The number of pyridine rings is 1. The molecule has 2 aromatic heterocycles. The SMILES string of the molecule is C#C.C=CCCCCN(CC1=CC=C(OC)CC1)C(=O)N1CCC[C@H]1C(=O)NC1(C(=O)O)CC1.COc1ccc2c(=O)cc(-c3nc(C(C)C)cs3)[nH]c2c1. The summed E-state index contributed by atoms with van der Waals surface area (Å²) in [6.07, 6.45) is 20.4. The normalized spacial score (nSPS) is 16.7. The number of methoxy groups -OCH3 is 2. The molecule has 0 spiro atoms. The van der Waals surface area contributed by atoms with Crippen LogP contribution in [0.3, 0.4) is 0 Å². The summed E-state index contributed by atoms with van der Waals surface area (Å²) >= 11 is 1.55. The molecule has 55 heavy (non-hydrogen) atoms. The van der Waals surface area contributed by atoms with Crippen LogP contribution in [0.2, 0.25) is 0 Å². The molecule has 1 aliphatic heterocycles. The number of allylic oxidation sites excluding steroid dienone is 4. The molecule has 1 saturated heterocycles. The zero-order valence-electron chi connectivity index (χ0n) is 32.3. The van der Waals surface area contributed by atoms with Gasteiger partial charge in [-0.05, 0) is 75.5 Å². The highest BCUT2D eigenvalue weighted by atomic mass is 32.1. The van der Waals surface area contributed by atoms with Crippen LogP contribution in [0.4, 0.5) is 4.79 Å². The number of aromatic nitrogens is 2. The number of H-pyrrole nitrogens is 1. The van der Waals surface area contributed by atoms with Crippen LogP contribution in [0.15, 0.2) is 70.6 Å². The molecular weight excluding hydrogens is 719 g/mol. The van der Waals surface area contributed by atoms with Crippen molar-refractivity contribution in [3.63, 3.8) is 0 Å². The number of nitrogens with zero attached hydrogens (tertiary/aromatic N) is 3. The number of aliphatic carboxylic acids is 1. The van der Waals surface area contributed by atoms with Gasteiger partial charge in [-0.2, -0.15) is 0 Å². The Morgan fingerprint density at radius 1 is 1.16 bits per heavy atom. The van der Waals surface area contributed by atoms with Gasteiger partial charge < -0.3 is 34.7 Å². The number of rotatable bonds is 14. The average molecular weight is 772 g/mol. The predicted molar refractivity (Wildman–Crippen MR) is 217 cm³/mol. The van der Waals surface area contributed by atoms with Gasteiger partial charge in [0.2, 0.25) is 5.91 Å². The maximum atomic E-state index is 13.5. The molecule has 1 aromatic carbocycles. The first kappa shape index (κ1) is 42.4. The Balaban J connectivity index is 0.000000252. The molecule has 0 bridgehead atoms. The number of likely N-dealkylation sites (tertiary alicyclic amines) is 1. The molecule has 0 unspecified atom stereocenters. The number of thiazole rings is 1. The third-order valence-corrected chi connectivity index (χ3v) is 10.8. The third-order valence-electron chi connectivity index (χ3n) is 9.91. The summed E-state index contributed by atoms with van der Waals surface area (Å²) in [6.45, 7) is 9.60. The fourth-order valence-electron chi connectivity index (χ4n) is 6.48. The lowest BCUT2D eigenvalue weighted by Gasteiger charge is -2.33. The molecule has 6 rings (SSSR count). The van der Waals surface area contributed by atoms with E-state index in [1.165, 1.54) is 0 Å². The van der Waals surface area contributed by atoms with Gasteiger partial charge in [-0.3, -0.25) is 9.59 Å². The van der Waals surface area contributed by atoms with Crippen molar-refractivity contribution in [2.75, 3.05) is 33.9 Å². The number of ether oxygens (including phenoxy) is 2. The molecule has 3 heterocycles. The van der Waals surface area contributed by atoms with E-state index < -0.39 is 17.6 Å². The number of hydrogen-bond donors (Lipinski definition) is 3. The monoisotopic (exact) mass is 771 g/mol. The largest absolute Gasteiger partial charge is 0.501 e. The Bertz CT molecular complexity index is 1970. The highest BCUT2D eigenvalue weighted by Crippen LogP contribution is 2.36. The first-order chi connectivity index (χ1) is 26.5. The zero-order chi connectivity index (χ0) is 40.1. The first-order valence-electron chi connectivity index (χ1n) is 18.6. The summed E-state index contributed by atoms with van der Waals surface area (Å²) in [5.74, 6) is 0.672. The summed E-state index contributed by atoms with van der Waals surface area (Å²) in [5.41, 5.74) is 2.56. The van der Waals surface area contributed by atoms with E-state index in [1.807, 2.05) is 34.6 Å². The molecule has 1 saturated carbocycles. The second-order valence-corrected chi connectivity index (χ2v) is 14.9. The predicted octanol–water partition coefficient (Wildman–Crippen LogP) is 7.25. The van der Waals surface area contributed by atoms with Crippen molar-refractivity contribution in [3.8, 4) is 29.3 Å². The van der Waals surface area contributed by atoms with Crippen molar-refractivity contribution >= 4 is 40.1 Å². The minimum Gasteiger partial charge on any atom is -0.501 e. The quantitative estimate of drug-likeness (QED) is 0.0881. The fourth-order valence-corrected chi connectivity index (χ4v) is 7.43. The van der Waals surface area contributed by atoms with E-state index in [4.69, 9.17) is 9.47 Å². The third kappa shape index (κ3) is 10.9. The molecule has 3 aromatic rings. The van der Waals surface area contributed by atoms with E-state index in [1.54, 1.807) is 48.7 Å². The van der Waals surface area contributed by atoms with Crippen molar-refractivity contribution < 1.29 is 29.0 Å². The van der Waals surface area contributed by atoms with Gasteiger partial charge in [0.25, 0.3) is 0 Å². The van der Waals surface area contributed by atoms with Gasteiger partial charge >= 0.3 is 12.0 Å². The van der Waals surface area contributed by atoms with Gasteiger partial charge in [-0.1, -0.05) is 31.6 Å². The molecule has 1 atom stereocenters. The van der Waals surface area contributed by atoms with E-state index in [-0.39, 0.29) is 17.4 Å². The van der Waals surface area contributed by atoms with E-state index >= 15 is 0 Å². The number of fused-ring (bicyclic) bond motifs is 1. The number of nitrogens with one attached hydrogen (secondary N) is 2. The summed E-state index contributed by atoms with van der Waals surface area (Å²) in [5, 5.41) is 15.6. The molecule has 2 aliphatic carbocycles. The standard InChI is InChI=1S/C24H35N3O5.C16H16N2O2S.C2H2/c1-3-4-5-6-15-26(17-18-9-11-19(32-2)12-10-18)23(31)27-16-7-8-20(27)21(28)25-24(13-14-24)22(29)30;1-9(2)14-8-21-16(18-14)13-7-15(19)11-5-4-10(20-3)6-12(11)17-13;1-2/h3,9,11,20H,1,4-8,10,12-17H2,2H3,(H,25,28)(H,29,30);4-9H,1-3H3,(H,17,19);1-2H/t20-;;/m0../s1. The average Bonchev–Trinajstić information content (AvgIpc) is 3.55. The van der Waals surface area contributed by atoms with Gasteiger partial charge in [0.15, 0.2) is 5.43 Å². The lowest BCUT2D eigenvalue weighted by atomic mass is 10.0. The smallest absolute Gasteiger partial charge is 0.329 e. The summed E-state index contributed by atoms with van der Waals surface area (Å²) in [4.78, 5) is 61.4. The maximum absolute atomic E-state index is 13.5. The van der Waals surface area contributed by atoms with Crippen LogP contribution in [-0.2, 0) is 14.3 Å². The molecule has 0 radical (unpaired) electrons. The first-order valence-corrected chi connectivity index (χ1v) is 19.5. The van der Waals surface area contributed by atoms with Crippen LogP contribution in [-0.4, -0.2) is 88.2 Å². The van der Waals surface area contributed by atoms with Gasteiger partial charge in [0.1, 0.15) is 22.3 Å². The number of terminal acetylenes is 1. The maximum Gasteiger partial charge on any atom is 0.329 e. The van der Waals surface area contributed by atoms with Crippen molar-refractivity contribution in [1.82, 2.24) is 25.1 Å². The lowest BCUT2D eigenvalue weighted by molar-refractivity contribution is -0.143. The second-order valence-electron chi connectivity index (χ2n) is 14.1. The van der Waals surface area contributed by atoms with Crippen molar-refractivity contribution in [2.45, 2.75) is 89.1 Å². The molecule has 3 N–H and O–H groups in total. The number of carboxylic acids is 1. The highest BCUT2D eigenvalue weighted by Gasteiger charge is 2.53. The van der Waals surface area contributed by atoms with Gasteiger partial charge in [-0.15, -0.1) is 30.8 Å². The second kappa shape index (κ2) is 19.8. The minimum atomic E-state index is -1.14. The summed E-state index contributed by atoms with van der Waals surface area (Å²) in [7, 11) is 3.27. The van der Waals surface area contributed by atoms with Crippen molar-refractivity contribution in [2.24, 2.45) is 0 Å². The molecular formula is C42H53N5O7S. The summed E-state index contributed by atoms with van der Waals surface area (Å²) < 4.78 is 10.5. The number of hydrogen-bond acceptors (Lipinski definition) is 8. The molecule has 3 amide bonds. The Morgan fingerprint density at radius 2 is 1.93 bits per heavy atom. The van der Waals surface area contributed by atoms with Gasteiger partial charge in [-0.25, -0.2) is 14.6 Å². The number of amides is 3. The molecule has 2 fully saturated rings. The number of carbonyl (C=O) groups excluding carboxylic acids is 2. The Kier molecular flexibility index (Phi) is 15.3. The lowest BCUT2D eigenvalue weighted by Crippen LogP contribution is -2.54. The van der Waals surface area contributed by atoms with E-state index in [2.05, 4.69) is 48.6 Å². The number of carboxylic acid groups (broad SMARTS) is 1. The van der Waals surface area contributed by atoms with Crippen molar-refractivity contribution in [3.05, 3.63) is 81.7 Å². The van der Waals surface area contributed by atoms with Crippen molar-refractivity contribution in [1.29, 1.82) is 0 Å². The highest BCUT2D eigenvalue weighted by molar-refractivity contribution is 7.13. The number of unbranched alkanes of at least 4 members (excludes halogenated alkanes) is 2. The minimum absolute atomic E-state index is 0.0114. The van der Waals surface area contributed by atoms with Crippen LogP contribution >= 0.6 is 11.3 Å². The summed E-state index contributed by atoms with van der Waals surface area (Å²) in [6, 6.07) is 6.24. The molecule has 12 nitrogen and oxygen atoms in total. The van der Waals surface area contributed by atoms with Crippen LogP contribution in [0.5, 0.6) is 5.75 Å². The van der Waals surface area contributed by atoms with Crippen LogP contribution in [0.1, 0.15) is 83.2 Å². The molecule has 3 aliphatic rings. The zero-order valence-corrected chi connectivity index (χ0v) is 33.1. The fraction of sp³-hybridized carbons (Fsp3) is 0.452. The molecule has 13 heteroatoms. The van der Waals surface area contributed by atoms with Crippen LogP contribution in [0, 0.1) is 12.8 Å². The Labute approximate surface area is 327 Å². The molecule has 294 valence electrons.